The summed E-state index contributed by atoms with van der Waals surface area (Å²) in [6.45, 7) is 1.61. The van der Waals surface area contributed by atoms with Gasteiger partial charge in [0.2, 0.25) is 0 Å². The lowest BCUT2D eigenvalue weighted by molar-refractivity contribution is -0.118. The second-order valence-electron chi connectivity index (χ2n) is 3.80. The van der Waals surface area contributed by atoms with Gasteiger partial charge in [0.05, 0.1) is 5.69 Å². The number of carbonyl (C=O) groups excluding carboxylic acids is 1. The number of ether oxygens (including phenoxy) is 1. The second kappa shape index (κ2) is 5.37. The van der Waals surface area contributed by atoms with Gasteiger partial charge in [0.15, 0.2) is 6.61 Å². The standard InChI is InChI=1S/C13H14N2O2/c1-2-3-6-14-8-10-4-5-12-11(7-10)15-13(16)9-17-12/h1,4-5,7,14H,3,6,8-9H2,(H,15,16). The van der Waals surface area contributed by atoms with Crippen LogP contribution in [0, 0.1) is 12.3 Å². The van der Waals surface area contributed by atoms with E-state index in [0.29, 0.717) is 6.42 Å². The molecule has 2 N–H and O–H groups in total. The molecule has 1 aliphatic rings. The molecule has 1 amide bonds. The Bertz CT molecular complexity index is 463. The van der Waals surface area contributed by atoms with E-state index in [4.69, 9.17) is 11.2 Å². The zero-order chi connectivity index (χ0) is 12.1. The van der Waals surface area contributed by atoms with Crippen molar-refractivity contribution < 1.29 is 9.53 Å². The topological polar surface area (TPSA) is 50.4 Å². The van der Waals surface area contributed by atoms with Gasteiger partial charge in [0.25, 0.3) is 5.91 Å². The summed E-state index contributed by atoms with van der Waals surface area (Å²) in [7, 11) is 0. The average molecular weight is 230 g/mol. The third kappa shape index (κ3) is 2.99. The molecule has 0 saturated heterocycles. The van der Waals surface area contributed by atoms with Crippen molar-refractivity contribution in [1.82, 2.24) is 5.32 Å². The number of hydrogen-bond donors (Lipinski definition) is 2. The van der Waals surface area contributed by atoms with Crippen molar-refractivity contribution in [2.45, 2.75) is 13.0 Å². The van der Waals surface area contributed by atoms with Crippen LogP contribution in [0.4, 0.5) is 5.69 Å². The lowest BCUT2D eigenvalue weighted by Gasteiger charge is -2.18. The average Bonchev–Trinajstić information content (AvgIpc) is 2.34. The van der Waals surface area contributed by atoms with Gasteiger partial charge in [0.1, 0.15) is 5.75 Å². The van der Waals surface area contributed by atoms with Crippen molar-refractivity contribution in [3.8, 4) is 18.1 Å². The fourth-order valence-electron chi connectivity index (χ4n) is 1.63. The normalized spacial score (nSPS) is 13.2. The molecule has 0 atom stereocenters. The predicted molar refractivity (Wildman–Crippen MR) is 65.7 cm³/mol. The summed E-state index contributed by atoms with van der Waals surface area (Å²) in [6, 6.07) is 5.75. The molecule has 0 aliphatic carbocycles. The fraction of sp³-hybridized carbons (Fsp3) is 0.308. The van der Waals surface area contributed by atoms with Crippen molar-refractivity contribution in [3.63, 3.8) is 0 Å². The van der Waals surface area contributed by atoms with Crippen LogP contribution < -0.4 is 15.4 Å². The largest absolute Gasteiger partial charge is 0.482 e. The Hall–Kier alpha value is -1.99. The summed E-state index contributed by atoms with van der Waals surface area (Å²) in [5.41, 5.74) is 1.82. The van der Waals surface area contributed by atoms with Gasteiger partial charge in [-0.2, -0.15) is 0 Å². The van der Waals surface area contributed by atoms with Crippen molar-refractivity contribution in [2.24, 2.45) is 0 Å². The minimum atomic E-state index is -0.116. The molecule has 0 unspecified atom stereocenters. The molecule has 88 valence electrons. The molecule has 0 radical (unpaired) electrons. The number of amides is 1. The van der Waals surface area contributed by atoms with Gasteiger partial charge >= 0.3 is 0 Å². The van der Waals surface area contributed by atoms with Gasteiger partial charge in [-0.15, -0.1) is 12.3 Å². The van der Waals surface area contributed by atoms with E-state index in [1.807, 2.05) is 18.2 Å². The van der Waals surface area contributed by atoms with Crippen LogP contribution in [0.1, 0.15) is 12.0 Å². The molecule has 17 heavy (non-hydrogen) atoms. The van der Waals surface area contributed by atoms with E-state index in [0.717, 1.165) is 30.1 Å². The minimum Gasteiger partial charge on any atom is -0.482 e. The highest BCUT2D eigenvalue weighted by Crippen LogP contribution is 2.28. The van der Waals surface area contributed by atoms with E-state index in [2.05, 4.69) is 16.6 Å². The quantitative estimate of drug-likeness (QED) is 0.602. The van der Waals surface area contributed by atoms with E-state index in [1.54, 1.807) is 0 Å². The molecule has 4 heteroatoms. The Labute approximate surface area is 100 Å². The molecule has 0 saturated carbocycles. The Kier molecular flexibility index (Phi) is 3.63. The van der Waals surface area contributed by atoms with Crippen LogP contribution in [0.3, 0.4) is 0 Å². The molecule has 4 nitrogen and oxygen atoms in total. The molecule has 1 aromatic carbocycles. The van der Waals surface area contributed by atoms with Gasteiger partial charge in [-0.05, 0) is 17.7 Å². The van der Waals surface area contributed by atoms with Crippen LogP contribution in [-0.4, -0.2) is 19.1 Å². The second-order valence-corrected chi connectivity index (χ2v) is 3.80. The fourth-order valence-corrected chi connectivity index (χ4v) is 1.63. The van der Waals surface area contributed by atoms with E-state index < -0.39 is 0 Å². The molecule has 0 aromatic heterocycles. The maximum atomic E-state index is 11.2. The predicted octanol–water partition coefficient (Wildman–Crippen LogP) is 1.13. The summed E-state index contributed by atoms with van der Waals surface area (Å²) in [5, 5.41) is 6.00. The summed E-state index contributed by atoms with van der Waals surface area (Å²) in [6.07, 6.45) is 5.87. The van der Waals surface area contributed by atoms with Crippen LogP contribution in [0.2, 0.25) is 0 Å². The van der Waals surface area contributed by atoms with Crippen molar-refractivity contribution in [2.75, 3.05) is 18.5 Å². The first-order valence-electron chi connectivity index (χ1n) is 5.49. The molecular formula is C13H14N2O2. The zero-order valence-electron chi connectivity index (χ0n) is 9.45. The molecule has 0 spiro atoms. The number of benzene rings is 1. The summed E-state index contributed by atoms with van der Waals surface area (Å²) in [5.74, 6) is 3.17. The van der Waals surface area contributed by atoms with Gasteiger partial charge in [0, 0.05) is 19.5 Å². The maximum Gasteiger partial charge on any atom is 0.262 e. The highest BCUT2D eigenvalue weighted by molar-refractivity contribution is 5.95. The highest BCUT2D eigenvalue weighted by Gasteiger charge is 2.15. The summed E-state index contributed by atoms with van der Waals surface area (Å²) in [4.78, 5) is 11.2. The lowest BCUT2D eigenvalue weighted by atomic mass is 10.1. The summed E-state index contributed by atoms with van der Waals surface area (Å²) < 4.78 is 5.27. The Morgan fingerprint density at radius 2 is 2.41 bits per heavy atom. The van der Waals surface area contributed by atoms with E-state index >= 15 is 0 Å². The zero-order valence-corrected chi connectivity index (χ0v) is 9.45. The number of nitrogens with one attached hydrogen (secondary N) is 2. The van der Waals surface area contributed by atoms with Crippen molar-refractivity contribution in [1.29, 1.82) is 0 Å². The minimum absolute atomic E-state index is 0.0900. The Balaban J connectivity index is 1.98. The molecule has 0 fully saturated rings. The smallest absolute Gasteiger partial charge is 0.262 e. The van der Waals surface area contributed by atoms with Gasteiger partial charge < -0.3 is 15.4 Å². The maximum absolute atomic E-state index is 11.2. The van der Waals surface area contributed by atoms with Crippen molar-refractivity contribution >= 4 is 11.6 Å². The molecule has 1 heterocycles. The van der Waals surface area contributed by atoms with E-state index in [1.165, 1.54) is 0 Å². The SMILES string of the molecule is C#CCCNCc1ccc2c(c1)NC(=O)CO2. The third-order valence-corrected chi connectivity index (χ3v) is 2.45. The Morgan fingerprint density at radius 1 is 1.53 bits per heavy atom. The van der Waals surface area contributed by atoms with Crippen LogP contribution >= 0.6 is 0 Å². The molecule has 1 aliphatic heterocycles. The first-order chi connectivity index (χ1) is 8.29. The monoisotopic (exact) mass is 230 g/mol. The van der Waals surface area contributed by atoms with Crippen molar-refractivity contribution in [3.05, 3.63) is 23.8 Å². The number of hydrogen-bond acceptors (Lipinski definition) is 3. The van der Waals surface area contributed by atoms with Crippen LogP contribution in [0.5, 0.6) is 5.75 Å². The number of rotatable bonds is 4. The van der Waals surface area contributed by atoms with Crippen LogP contribution in [0.15, 0.2) is 18.2 Å². The van der Waals surface area contributed by atoms with Crippen LogP contribution in [0.25, 0.3) is 0 Å². The lowest BCUT2D eigenvalue weighted by Crippen LogP contribution is -2.25. The Morgan fingerprint density at radius 3 is 3.24 bits per heavy atom. The first kappa shape index (κ1) is 11.5. The summed E-state index contributed by atoms with van der Waals surface area (Å²) >= 11 is 0. The molecule has 2 rings (SSSR count). The number of carbonyl (C=O) groups is 1. The number of anilines is 1. The number of fused-ring (bicyclic) bond motifs is 1. The van der Waals surface area contributed by atoms with E-state index in [-0.39, 0.29) is 12.5 Å². The third-order valence-electron chi connectivity index (χ3n) is 2.45. The molecular weight excluding hydrogens is 216 g/mol. The van der Waals surface area contributed by atoms with Gasteiger partial charge in [-0.1, -0.05) is 6.07 Å². The van der Waals surface area contributed by atoms with Gasteiger partial charge in [-0.3, -0.25) is 4.79 Å². The van der Waals surface area contributed by atoms with Crippen LogP contribution in [-0.2, 0) is 11.3 Å². The van der Waals surface area contributed by atoms with E-state index in [9.17, 15) is 4.79 Å². The molecule has 1 aromatic rings. The van der Waals surface area contributed by atoms with Gasteiger partial charge in [-0.25, -0.2) is 0 Å². The highest BCUT2D eigenvalue weighted by atomic mass is 16.5. The molecule has 0 bridgehead atoms. The number of terminal acetylenes is 1. The first-order valence-corrected chi connectivity index (χ1v) is 5.49.